The number of rotatable bonds is 7. The molecule has 1 heterocycles. The van der Waals surface area contributed by atoms with Crippen LogP contribution in [0.2, 0.25) is 0 Å². The smallest absolute Gasteiger partial charge is 0.227 e. The van der Waals surface area contributed by atoms with Crippen molar-refractivity contribution in [3.63, 3.8) is 0 Å². The van der Waals surface area contributed by atoms with Crippen molar-refractivity contribution in [1.82, 2.24) is 10.2 Å². The second-order valence-electron chi connectivity index (χ2n) is 3.88. The number of hydrogen-bond donors (Lipinski definition) is 1. The van der Waals surface area contributed by atoms with Crippen LogP contribution in [0, 0.1) is 5.82 Å². The van der Waals surface area contributed by atoms with Crippen LogP contribution in [0.4, 0.5) is 9.52 Å². The van der Waals surface area contributed by atoms with Crippen molar-refractivity contribution < 1.29 is 9.18 Å². The van der Waals surface area contributed by atoms with Gasteiger partial charge in [-0.05, 0) is 17.9 Å². The lowest BCUT2D eigenvalue weighted by Gasteiger charge is -2.03. The summed E-state index contributed by atoms with van der Waals surface area (Å²) in [7, 11) is 0. The van der Waals surface area contributed by atoms with Crippen molar-refractivity contribution >= 4 is 45.9 Å². The summed E-state index contributed by atoms with van der Waals surface area (Å²) in [4.78, 5) is 12.3. The molecule has 1 N–H and O–H groups in total. The molecule has 0 bridgehead atoms. The van der Waals surface area contributed by atoms with Gasteiger partial charge in [0.15, 0.2) is 4.34 Å². The Morgan fingerprint density at radius 1 is 1.33 bits per heavy atom. The number of carbonyl (C=O) groups excluding carboxylic acids is 1. The zero-order valence-corrected chi connectivity index (χ0v) is 13.8. The van der Waals surface area contributed by atoms with Crippen molar-refractivity contribution in [3.05, 3.63) is 30.1 Å². The van der Waals surface area contributed by atoms with E-state index in [-0.39, 0.29) is 11.7 Å². The van der Waals surface area contributed by atoms with Crippen LogP contribution in [0.1, 0.15) is 13.3 Å². The first-order valence-corrected chi connectivity index (χ1v) is 9.11. The molecule has 2 aromatic rings. The lowest BCUT2D eigenvalue weighted by Crippen LogP contribution is -2.11. The highest BCUT2D eigenvalue weighted by Crippen LogP contribution is 2.25. The summed E-state index contributed by atoms with van der Waals surface area (Å²) in [6.45, 7) is 2.03. The summed E-state index contributed by atoms with van der Waals surface area (Å²) in [5.74, 6) is 1.04. The maximum atomic E-state index is 13.4. The number of amides is 1. The van der Waals surface area contributed by atoms with Gasteiger partial charge in [0.05, 0.1) is 0 Å². The van der Waals surface area contributed by atoms with Crippen molar-refractivity contribution in [1.29, 1.82) is 0 Å². The average molecular weight is 343 g/mol. The second-order valence-corrected chi connectivity index (χ2v) is 7.51. The van der Waals surface area contributed by atoms with Crippen molar-refractivity contribution in [3.8, 4) is 0 Å². The van der Waals surface area contributed by atoms with E-state index >= 15 is 0 Å². The fraction of sp³-hybridized carbons (Fsp3) is 0.308. The van der Waals surface area contributed by atoms with Gasteiger partial charge in [0.2, 0.25) is 11.0 Å². The fourth-order valence-corrected chi connectivity index (χ4v) is 3.99. The molecule has 0 aliphatic carbocycles. The van der Waals surface area contributed by atoms with Crippen LogP contribution in [-0.2, 0) is 4.79 Å². The van der Waals surface area contributed by atoms with E-state index in [0.717, 1.165) is 10.1 Å². The van der Waals surface area contributed by atoms with Gasteiger partial charge in [0.1, 0.15) is 5.82 Å². The van der Waals surface area contributed by atoms with Gasteiger partial charge in [-0.15, -0.1) is 22.0 Å². The first-order chi connectivity index (χ1) is 10.2. The number of carbonyl (C=O) groups is 1. The molecule has 1 aromatic carbocycles. The topological polar surface area (TPSA) is 54.9 Å². The van der Waals surface area contributed by atoms with E-state index in [2.05, 4.69) is 15.5 Å². The molecule has 0 spiro atoms. The van der Waals surface area contributed by atoms with Crippen LogP contribution < -0.4 is 5.32 Å². The lowest BCUT2D eigenvalue weighted by atomic mass is 10.3. The first-order valence-electron chi connectivity index (χ1n) is 6.32. The molecule has 0 aliphatic rings. The van der Waals surface area contributed by atoms with Crippen molar-refractivity contribution in [2.45, 2.75) is 22.6 Å². The van der Waals surface area contributed by atoms with Gasteiger partial charge in [-0.3, -0.25) is 4.79 Å². The highest BCUT2D eigenvalue weighted by molar-refractivity contribution is 8.01. The van der Waals surface area contributed by atoms with E-state index in [1.54, 1.807) is 30.0 Å². The van der Waals surface area contributed by atoms with Crippen LogP contribution in [0.5, 0.6) is 0 Å². The molecule has 2 rings (SSSR count). The van der Waals surface area contributed by atoms with Gasteiger partial charge in [0.25, 0.3) is 0 Å². The SMILES string of the molecule is CCSc1nnc(NC(=O)CCSc2ccccc2F)s1. The highest BCUT2D eigenvalue weighted by Gasteiger charge is 2.09. The molecule has 112 valence electrons. The number of aromatic nitrogens is 2. The Balaban J connectivity index is 1.75. The van der Waals surface area contributed by atoms with E-state index in [9.17, 15) is 9.18 Å². The normalized spacial score (nSPS) is 10.6. The summed E-state index contributed by atoms with van der Waals surface area (Å²) in [5, 5.41) is 11.1. The van der Waals surface area contributed by atoms with Crippen LogP contribution in [0.3, 0.4) is 0 Å². The molecule has 0 radical (unpaired) electrons. The van der Waals surface area contributed by atoms with Gasteiger partial charge in [-0.2, -0.15) is 0 Å². The molecule has 0 aliphatic heterocycles. The van der Waals surface area contributed by atoms with Gasteiger partial charge in [-0.25, -0.2) is 4.39 Å². The van der Waals surface area contributed by atoms with Crippen LogP contribution >= 0.6 is 34.9 Å². The monoisotopic (exact) mass is 343 g/mol. The van der Waals surface area contributed by atoms with E-state index in [4.69, 9.17) is 0 Å². The van der Waals surface area contributed by atoms with E-state index in [1.165, 1.54) is 29.2 Å². The van der Waals surface area contributed by atoms with Crippen molar-refractivity contribution in [2.24, 2.45) is 0 Å². The Morgan fingerprint density at radius 3 is 2.90 bits per heavy atom. The Labute approximate surface area is 134 Å². The van der Waals surface area contributed by atoms with Gasteiger partial charge >= 0.3 is 0 Å². The van der Waals surface area contributed by atoms with E-state index in [1.807, 2.05) is 6.92 Å². The molecule has 8 heteroatoms. The summed E-state index contributed by atoms with van der Waals surface area (Å²) >= 11 is 4.27. The molecule has 0 atom stereocenters. The Kier molecular flexibility index (Phi) is 6.47. The quantitative estimate of drug-likeness (QED) is 0.610. The molecule has 0 fully saturated rings. The van der Waals surface area contributed by atoms with E-state index < -0.39 is 0 Å². The maximum Gasteiger partial charge on any atom is 0.227 e. The number of nitrogens with one attached hydrogen (secondary N) is 1. The third-order valence-electron chi connectivity index (χ3n) is 2.34. The number of anilines is 1. The fourth-order valence-electron chi connectivity index (χ4n) is 1.44. The molecule has 0 saturated carbocycles. The number of benzene rings is 1. The molecular formula is C13H14FN3OS3. The molecular weight excluding hydrogens is 329 g/mol. The molecule has 0 unspecified atom stereocenters. The van der Waals surface area contributed by atoms with Gasteiger partial charge < -0.3 is 5.32 Å². The molecule has 1 aromatic heterocycles. The minimum atomic E-state index is -0.256. The molecule has 21 heavy (non-hydrogen) atoms. The number of thioether (sulfide) groups is 2. The Morgan fingerprint density at radius 2 is 2.14 bits per heavy atom. The minimum Gasteiger partial charge on any atom is -0.300 e. The second kappa shape index (κ2) is 8.35. The summed E-state index contributed by atoms with van der Waals surface area (Å²) in [6, 6.07) is 6.54. The van der Waals surface area contributed by atoms with Crippen LogP contribution in [0.15, 0.2) is 33.5 Å². The summed E-state index contributed by atoms with van der Waals surface area (Å²) in [5.41, 5.74) is 0. The first kappa shape index (κ1) is 16.3. The molecule has 1 amide bonds. The Hall–Kier alpha value is -1.12. The number of halogens is 1. The average Bonchev–Trinajstić information content (AvgIpc) is 2.88. The molecule has 4 nitrogen and oxygen atoms in total. The standard InChI is InChI=1S/C13H14FN3OS3/c1-2-19-13-17-16-12(21-13)15-11(18)7-8-20-10-6-4-3-5-9(10)14/h3-6H,2,7-8H2,1H3,(H,15,16,18). The predicted molar refractivity (Wildman–Crippen MR) is 86.7 cm³/mol. The number of nitrogens with zero attached hydrogens (tertiary/aromatic N) is 2. The van der Waals surface area contributed by atoms with Gasteiger partial charge in [-0.1, -0.05) is 42.2 Å². The number of hydrogen-bond acceptors (Lipinski definition) is 6. The maximum absolute atomic E-state index is 13.4. The zero-order valence-electron chi connectivity index (χ0n) is 11.3. The summed E-state index contributed by atoms with van der Waals surface area (Å²) < 4.78 is 14.2. The van der Waals surface area contributed by atoms with Crippen molar-refractivity contribution in [2.75, 3.05) is 16.8 Å². The minimum absolute atomic E-state index is 0.136. The molecule has 0 saturated heterocycles. The van der Waals surface area contributed by atoms with Crippen LogP contribution in [0.25, 0.3) is 0 Å². The van der Waals surface area contributed by atoms with Crippen LogP contribution in [-0.4, -0.2) is 27.6 Å². The third-order valence-corrected chi connectivity index (χ3v) is 5.25. The Bertz CT molecular complexity index is 606. The van der Waals surface area contributed by atoms with Gasteiger partial charge in [0, 0.05) is 17.1 Å². The predicted octanol–water partition coefficient (Wildman–Crippen LogP) is 3.91. The zero-order chi connectivity index (χ0) is 15.1. The summed E-state index contributed by atoms with van der Waals surface area (Å²) in [6.07, 6.45) is 0.300. The lowest BCUT2D eigenvalue weighted by molar-refractivity contribution is -0.115. The largest absolute Gasteiger partial charge is 0.300 e. The van der Waals surface area contributed by atoms with E-state index in [0.29, 0.717) is 22.2 Å². The third kappa shape index (κ3) is 5.29. The highest BCUT2D eigenvalue weighted by atomic mass is 32.2.